The molecule has 10 nitrogen and oxygen atoms in total. The molecule has 0 aromatic carbocycles. The van der Waals surface area contributed by atoms with Crippen LogP contribution in [0.5, 0.6) is 0 Å². The maximum Gasteiger partial charge on any atom is 0.322 e. The number of piperidine rings is 1. The number of nitrogens with one attached hydrogen (secondary N) is 3. The molecular formula is C15H20N6O4. The predicted molar refractivity (Wildman–Crippen MR) is 85.4 cm³/mol. The fraction of sp³-hybridized carbons (Fsp3) is 0.533. The number of hydrogen-bond donors (Lipinski definition) is 3. The van der Waals surface area contributed by atoms with Crippen LogP contribution in [0.4, 0.5) is 4.79 Å². The molecule has 0 bridgehead atoms. The highest BCUT2D eigenvalue weighted by molar-refractivity contribution is 6.05. The van der Waals surface area contributed by atoms with Crippen LogP contribution in [0.1, 0.15) is 29.6 Å². The Hall–Kier alpha value is -2.91. The maximum absolute atomic E-state index is 12.3. The van der Waals surface area contributed by atoms with Gasteiger partial charge in [-0.1, -0.05) is 0 Å². The first-order valence-electron chi connectivity index (χ1n) is 8.11. The Morgan fingerprint density at radius 1 is 1.32 bits per heavy atom. The Balaban J connectivity index is 1.45. The number of hydrogen-bond acceptors (Lipinski definition) is 5. The van der Waals surface area contributed by atoms with Crippen molar-refractivity contribution in [2.24, 2.45) is 7.05 Å². The summed E-state index contributed by atoms with van der Waals surface area (Å²) in [4.78, 5) is 48.6. The molecule has 3 heterocycles. The van der Waals surface area contributed by atoms with Crippen LogP contribution in [-0.2, 0) is 16.6 Å². The molecule has 2 aliphatic heterocycles. The number of carbonyl (C=O) groups is 4. The predicted octanol–water partition coefficient (Wildman–Crippen LogP) is -1.26. The number of likely N-dealkylation sites (tertiary alicyclic amines) is 1. The average Bonchev–Trinajstić information content (AvgIpc) is 3.13. The Bertz CT molecular complexity index is 707. The largest absolute Gasteiger partial charge is 0.349 e. The molecule has 10 heteroatoms. The van der Waals surface area contributed by atoms with Crippen LogP contribution in [0.3, 0.4) is 0 Å². The summed E-state index contributed by atoms with van der Waals surface area (Å²) in [6, 6.07) is -1.38. The molecule has 3 N–H and O–H groups in total. The van der Waals surface area contributed by atoms with Crippen LogP contribution in [0.25, 0.3) is 0 Å². The summed E-state index contributed by atoms with van der Waals surface area (Å²) in [5.41, 5.74) is 0.504. The molecule has 2 aliphatic rings. The first kappa shape index (κ1) is 16.9. The van der Waals surface area contributed by atoms with Gasteiger partial charge in [0.15, 0.2) is 0 Å². The van der Waals surface area contributed by atoms with Crippen molar-refractivity contribution >= 4 is 23.8 Å². The molecule has 3 rings (SSSR count). The molecule has 0 spiro atoms. The van der Waals surface area contributed by atoms with Gasteiger partial charge in [-0.2, -0.15) is 5.10 Å². The van der Waals surface area contributed by atoms with Gasteiger partial charge in [-0.15, -0.1) is 0 Å². The molecule has 0 aliphatic carbocycles. The van der Waals surface area contributed by atoms with Crippen LogP contribution >= 0.6 is 0 Å². The van der Waals surface area contributed by atoms with Gasteiger partial charge in [0, 0.05) is 32.4 Å². The molecule has 134 valence electrons. The average molecular weight is 348 g/mol. The highest BCUT2D eigenvalue weighted by atomic mass is 16.2. The standard InChI is InChI=1S/C15H20N6O4/c1-20-8-9(7-16-20)13(23)17-10-2-4-21(5-3-10)12(22)6-11-14(24)19-15(25)18-11/h7-8,10-11H,2-6H2,1H3,(H,17,23)(H2,18,19,24,25). The zero-order valence-corrected chi connectivity index (χ0v) is 13.8. The normalized spacial score (nSPS) is 21.0. The van der Waals surface area contributed by atoms with E-state index in [9.17, 15) is 19.2 Å². The van der Waals surface area contributed by atoms with Crippen molar-refractivity contribution in [2.75, 3.05) is 13.1 Å². The lowest BCUT2D eigenvalue weighted by Gasteiger charge is -2.32. The van der Waals surface area contributed by atoms with E-state index in [0.717, 1.165) is 0 Å². The van der Waals surface area contributed by atoms with Gasteiger partial charge in [0.1, 0.15) is 6.04 Å². The molecule has 2 fully saturated rings. The number of amides is 5. The Morgan fingerprint density at radius 3 is 2.60 bits per heavy atom. The minimum absolute atomic E-state index is 0.00811. The molecule has 25 heavy (non-hydrogen) atoms. The lowest BCUT2D eigenvalue weighted by atomic mass is 10.0. The molecule has 0 radical (unpaired) electrons. The van der Waals surface area contributed by atoms with Crippen LogP contribution in [0.2, 0.25) is 0 Å². The highest BCUT2D eigenvalue weighted by Crippen LogP contribution is 2.13. The van der Waals surface area contributed by atoms with Crippen molar-refractivity contribution in [3.63, 3.8) is 0 Å². The molecule has 0 saturated carbocycles. The van der Waals surface area contributed by atoms with Gasteiger partial charge in [0.25, 0.3) is 11.8 Å². The fourth-order valence-electron chi connectivity index (χ4n) is 2.99. The van der Waals surface area contributed by atoms with Gasteiger partial charge in [-0.25, -0.2) is 4.79 Å². The highest BCUT2D eigenvalue weighted by Gasteiger charge is 2.33. The van der Waals surface area contributed by atoms with Gasteiger partial charge in [-0.05, 0) is 12.8 Å². The van der Waals surface area contributed by atoms with E-state index < -0.39 is 18.0 Å². The van der Waals surface area contributed by atoms with E-state index in [1.54, 1.807) is 22.8 Å². The molecule has 1 aromatic rings. The minimum atomic E-state index is -0.803. The van der Waals surface area contributed by atoms with E-state index in [0.29, 0.717) is 31.5 Å². The second kappa shape index (κ2) is 6.91. The molecular weight excluding hydrogens is 328 g/mol. The second-order valence-electron chi connectivity index (χ2n) is 6.25. The van der Waals surface area contributed by atoms with Crippen molar-refractivity contribution in [1.82, 2.24) is 30.6 Å². The van der Waals surface area contributed by atoms with Gasteiger partial charge in [0.2, 0.25) is 5.91 Å². The lowest BCUT2D eigenvalue weighted by Crippen LogP contribution is -2.48. The van der Waals surface area contributed by atoms with E-state index in [4.69, 9.17) is 0 Å². The monoisotopic (exact) mass is 348 g/mol. The number of rotatable bonds is 4. The van der Waals surface area contributed by atoms with Crippen LogP contribution < -0.4 is 16.0 Å². The van der Waals surface area contributed by atoms with Crippen molar-refractivity contribution in [3.05, 3.63) is 18.0 Å². The summed E-state index contributed by atoms with van der Waals surface area (Å²) < 4.78 is 1.56. The number of imide groups is 1. The minimum Gasteiger partial charge on any atom is -0.349 e. The first-order chi connectivity index (χ1) is 11.9. The van der Waals surface area contributed by atoms with Crippen molar-refractivity contribution in [1.29, 1.82) is 0 Å². The number of aromatic nitrogens is 2. The molecule has 1 atom stereocenters. The van der Waals surface area contributed by atoms with E-state index in [1.165, 1.54) is 6.20 Å². The van der Waals surface area contributed by atoms with E-state index in [2.05, 4.69) is 21.0 Å². The topological polar surface area (TPSA) is 125 Å². The van der Waals surface area contributed by atoms with E-state index >= 15 is 0 Å². The molecule has 2 saturated heterocycles. The number of carbonyl (C=O) groups excluding carboxylic acids is 4. The van der Waals surface area contributed by atoms with E-state index in [1.807, 2.05) is 0 Å². The first-order valence-corrected chi connectivity index (χ1v) is 8.11. The summed E-state index contributed by atoms with van der Waals surface area (Å²) in [6.45, 7) is 0.998. The smallest absolute Gasteiger partial charge is 0.322 e. The Kier molecular flexibility index (Phi) is 4.68. The maximum atomic E-state index is 12.3. The summed E-state index contributed by atoms with van der Waals surface area (Å²) in [7, 11) is 1.74. The quantitative estimate of drug-likeness (QED) is 0.586. The Morgan fingerprint density at radius 2 is 2.04 bits per heavy atom. The zero-order chi connectivity index (χ0) is 18.0. The summed E-state index contributed by atoms with van der Waals surface area (Å²) in [6.07, 6.45) is 4.38. The molecule has 1 aromatic heterocycles. The summed E-state index contributed by atoms with van der Waals surface area (Å²) in [5, 5.41) is 11.4. The van der Waals surface area contributed by atoms with Gasteiger partial charge < -0.3 is 15.5 Å². The third kappa shape index (κ3) is 3.95. The van der Waals surface area contributed by atoms with E-state index in [-0.39, 0.29) is 24.3 Å². The fourth-order valence-corrected chi connectivity index (χ4v) is 2.99. The van der Waals surface area contributed by atoms with Crippen molar-refractivity contribution in [3.8, 4) is 0 Å². The third-order valence-corrected chi connectivity index (χ3v) is 4.39. The molecule has 5 amide bonds. The second-order valence-corrected chi connectivity index (χ2v) is 6.25. The number of aryl methyl sites for hydroxylation is 1. The van der Waals surface area contributed by atoms with Crippen LogP contribution in [0, 0.1) is 0 Å². The summed E-state index contributed by atoms with van der Waals surface area (Å²) >= 11 is 0. The molecule has 1 unspecified atom stereocenters. The van der Waals surface area contributed by atoms with Crippen molar-refractivity contribution < 1.29 is 19.2 Å². The van der Waals surface area contributed by atoms with Crippen LogP contribution in [-0.4, -0.2) is 63.6 Å². The van der Waals surface area contributed by atoms with Gasteiger partial charge >= 0.3 is 6.03 Å². The van der Waals surface area contributed by atoms with Crippen LogP contribution in [0.15, 0.2) is 12.4 Å². The Labute approximate surface area is 143 Å². The number of urea groups is 1. The van der Waals surface area contributed by atoms with Gasteiger partial charge in [0.05, 0.1) is 18.2 Å². The lowest BCUT2D eigenvalue weighted by molar-refractivity contribution is -0.134. The number of nitrogens with zero attached hydrogens (tertiary/aromatic N) is 3. The zero-order valence-electron chi connectivity index (χ0n) is 13.8. The van der Waals surface area contributed by atoms with Gasteiger partial charge in [-0.3, -0.25) is 24.4 Å². The summed E-state index contributed by atoms with van der Waals surface area (Å²) in [5.74, 6) is -0.834. The SMILES string of the molecule is Cn1cc(C(=O)NC2CCN(C(=O)CC3NC(=O)NC3=O)CC2)cn1. The van der Waals surface area contributed by atoms with Crippen molar-refractivity contribution in [2.45, 2.75) is 31.3 Å². The third-order valence-electron chi connectivity index (χ3n) is 4.39.